The minimum atomic E-state index is -3.11. The van der Waals surface area contributed by atoms with Crippen molar-refractivity contribution < 1.29 is 41.2 Å². The molecule has 3 N–H and O–H groups in total. The van der Waals surface area contributed by atoms with Crippen molar-refractivity contribution in [2.75, 3.05) is 105 Å². The Hall–Kier alpha value is -0.590. The normalized spacial score (nSPS) is 11.1. The Morgan fingerprint density at radius 1 is 0.574 bits per heavy atom. The molecule has 12 nitrogen and oxygen atoms in total. The summed E-state index contributed by atoms with van der Waals surface area (Å²) in [5.74, 6) is 10.5. The van der Waals surface area contributed by atoms with Crippen molar-refractivity contribution in [2.45, 2.75) is 129 Å². The number of nitrogens with two attached hydrogens (primary N) is 1. The average molecular weight is 967 g/mol. The molecule has 17 heteroatoms. The van der Waals surface area contributed by atoms with Gasteiger partial charge in [0.15, 0.2) is 0 Å². The van der Waals surface area contributed by atoms with Crippen LogP contribution in [0.25, 0.3) is 0 Å². The molecular weight excluding hydrogens is 875 g/mol. The Balaban J connectivity index is -0.000000219. The van der Waals surface area contributed by atoms with Crippen LogP contribution in [0.1, 0.15) is 128 Å². The molecule has 0 radical (unpaired) electrons. The van der Waals surface area contributed by atoms with Gasteiger partial charge in [-0.05, 0) is 81.9 Å². The molecule has 0 saturated carbocycles. The summed E-state index contributed by atoms with van der Waals surface area (Å²) in [5.41, 5.74) is 6.59. The minimum Gasteiger partial charge on any atom is -0.381 e. The van der Waals surface area contributed by atoms with Crippen molar-refractivity contribution in [3.8, 4) is 0 Å². The van der Waals surface area contributed by atoms with Gasteiger partial charge in [0.1, 0.15) is 5.82 Å². The van der Waals surface area contributed by atoms with Gasteiger partial charge < -0.3 is 29.7 Å². The molecule has 0 unspecified atom stereocenters. The third kappa shape index (κ3) is 90.9. The van der Waals surface area contributed by atoms with Crippen LogP contribution in [0.5, 0.6) is 0 Å². The molecule has 0 aromatic carbocycles. The van der Waals surface area contributed by atoms with E-state index in [4.69, 9.17) is 46.9 Å². The Labute approximate surface area is 392 Å². The summed E-state index contributed by atoms with van der Waals surface area (Å²) in [4.78, 5) is 23.6. The highest BCUT2D eigenvalue weighted by molar-refractivity contribution is 7.99. The van der Waals surface area contributed by atoms with Gasteiger partial charge in [-0.3, -0.25) is 0 Å². The molecule has 1 rings (SSSR count). The second kappa shape index (κ2) is 48.9. The van der Waals surface area contributed by atoms with Gasteiger partial charge in [-0.25, -0.2) is 4.98 Å². The molecule has 0 aliphatic rings. The number of rotatable bonds is 27. The predicted octanol–water partition coefficient (Wildman–Crippen LogP) is 10.1. The summed E-state index contributed by atoms with van der Waals surface area (Å²) in [6.45, 7) is 38.6. The standard InChI is InChI=1S/C13H24N2OS.C10H23NOS.2C10H22OS.CO2.O3S/c1-13(2,3)11-16-8-4-9-17-10-5-12-14-6-7-15-12;1-10(2,3)9-12-6-4-7-13-8-5-11;2*1-5-12-8-6-7-11-9-10(2,3)4;2-1-3;1-4(2)3/h6-7H,4-5,8-11H2,1-3H3,(H,14,15);4-9,11H2,1-3H3;2*5-9H2,1-4H3;;. The molecule has 0 atom stereocenters. The summed E-state index contributed by atoms with van der Waals surface area (Å²) < 4.78 is 47.5. The monoisotopic (exact) mass is 966 g/mol. The van der Waals surface area contributed by atoms with Gasteiger partial charge in [-0.1, -0.05) is 96.9 Å². The first-order valence-corrected chi connectivity index (χ1v) is 27.1. The number of nitrogens with zero attached hydrogens (tertiary/aromatic N) is 1. The number of aryl methyl sites for hydroxylation is 1. The number of imidazole rings is 1. The van der Waals surface area contributed by atoms with Gasteiger partial charge in [0.25, 0.3) is 0 Å². The number of aromatic amines is 1. The Morgan fingerprint density at radius 3 is 1.11 bits per heavy atom. The summed E-state index contributed by atoms with van der Waals surface area (Å²) in [6, 6.07) is 0. The first kappa shape index (κ1) is 69.4. The topological polar surface area (TPSA) is 177 Å². The molecule has 0 bridgehead atoms. The van der Waals surface area contributed by atoms with Crippen LogP contribution in [-0.2, 0) is 45.6 Å². The summed E-state index contributed by atoms with van der Waals surface area (Å²) >= 11 is 7.85. The molecule has 0 fully saturated rings. The van der Waals surface area contributed by atoms with E-state index in [1.165, 1.54) is 47.4 Å². The Morgan fingerprint density at radius 2 is 0.869 bits per heavy atom. The maximum atomic E-state index is 8.44. The van der Waals surface area contributed by atoms with Gasteiger partial charge in [-0.2, -0.15) is 56.6 Å². The van der Waals surface area contributed by atoms with Gasteiger partial charge in [0.2, 0.25) is 0 Å². The second-order valence-electron chi connectivity index (χ2n) is 18.3. The fraction of sp³-hybridized carbons (Fsp3) is 0.909. The first-order valence-electron chi connectivity index (χ1n) is 21.5. The maximum absolute atomic E-state index is 8.44. The van der Waals surface area contributed by atoms with Crippen LogP contribution in [0.3, 0.4) is 0 Å². The van der Waals surface area contributed by atoms with Gasteiger partial charge in [-0.15, -0.1) is 12.6 Å². The molecule has 0 aliphatic carbocycles. The van der Waals surface area contributed by atoms with E-state index in [0.717, 1.165) is 96.0 Å². The summed E-state index contributed by atoms with van der Waals surface area (Å²) in [6.07, 6.45) is 9.62. The number of aromatic nitrogens is 2. The zero-order valence-electron chi connectivity index (χ0n) is 41.0. The van der Waals surface area contributed by atoms with Gasteiger partial charge in [0.05, 0.1) is 26.4 Å². The number of thioether (sulfide) groups is 4. The van der Waals surface area contributed by atoms with Crippen LogP contribution in [0.2, 0.25) is 0 Å². The molecule has 1 heterocycles. The third-order valence-corrected chi connectivity index (χ3v) is 10.3. The van der Waals surface area contributed by atoms with Gasteiger partial charge in [0, 0.05) is 63.3 Å². The first-order chi connectivity index (χ1) is 28.4. The zero-order valence-corrected chi connectivity index (χ0v) is 45.0. The summed E-state index contributed by atoms with van der Waals surface area (Å²) in [7, 11) is -3.11. The average Bonchev–Trinajstić information content (AvgIpc) is 3.65. The van der Waals surface area contributed by atoms with E-state index in [1.54, 1.807) is 6.20 Å². The highest BCUT2D eigenvalue weighted by Gasteiger charge is 2.11. The SMILES string of the molecule is CC(C)(C)COCCCSCCN.CC(C)(C)COCCCSCCc1ncc[nH]1.CCSCCCOCC(C)(C)C.CCSCCCOCC(C)(C)C.O=C=O.O=S(=O)=O. The van der Waals surface area contributed by atoms with Crippen molar-refractivity contribution in [1.29, 1.82) is 0 Å². The molecular formula is C44H91N3O9S5. The van der Waals surface area contributed by atoms with Crippen molar-refractivity contribution in [1.82, 2.24) is 9.97 Å². The lowest BCUT2D eigenvalue weighted by Gasteiger charge is -2.17. The number of nitrogens with one attached hydrogen (secondary N) is 1. The number of ether oxygens (including phenoxy) is 4. The fourth-order valence-electron chi connectivity index (χ4n) is 3.75. The quantitative estimate of drug-likeness (QED) is 0.0796. The van der Waals surface area contributed by atoms with E-state index < -0.39 is 10.6 Å². The molecule has 1 aromatic rings. The molecule has 366 valence electrons. The van der Waals surface area contributed by atoms with E-state index in [1.807, 2.05) is 53.2 Å². The van der Waals surface area contributed by atoms with Crippen molar-refractivity contribution >= 4 is 63.8 Å². The molecule has 1 aromatic heterocycles. The molecule has 0 saturated heterocycles. The van der Waals surface area contributed by atoms with Crippen LogP contribution >= 0.6 is 47.0 Å². The van der Waals surface area contributed by atoms with Crippen molar-refractivity contribution in [3.63, 3.8) is 0 Å². The third-order valence-electron chi connectivity index (χ3n) is 6.16. The highest BCUT2D eigenvalue weighted by atomic mass is 32.2. The zero-order chi connectivity index (χ0) is 47.9. The van der Waals surface area contributed by atoms with E-state index >= 15 is 0 Å². The largest absolute Gasteiger partial charge is 0.425 e. The van der Waals surface area contributed by atoms with Crippen LogP contribution in [0, 0.1) is 21.7 Å². The number of hydrogen-bond donors (Lipinski definition) is 2. The number of hydrogen-bond acceptors (Lipinski definition) is 15. The lowest BCUT2D eigenvalue weighted by Crippen LogP contribution is -2.15. The fourth-order valence-corrected chi connectivity index (χ4v) is 6.52. The maximum Gasteiger partial charge on any atom is 0.425 e. The van der Waals surface area contributed by atoms with Gasteiger partial charge >= 0.3 is 16.8 Å². The Bertz CT molecular complexity index is 1120. The van der Waals surface area contributed by atoms with E-state index in [0.29, 0.717) is 16.2 Å². The predicted molar refractivity (Wildman–Crippen MR) is 266 cm³/mol. The second-order valence-corrected chi connectivity index (χ2v) is 24.0. The lowest BCUT2D eigenvalue weighted by molar-refractivity contribution is -0.191. The molecule has 0 spiro atoms. The summed E-state index contributed by atoms with van der Waals surface area (Å²) in [5, 5.41) is 0. The van der Waals surface area contributed by atoms with Crippen molar-refractivity contribution in [2.24, 2.45) is 27.4 Å². The lowest BCUT2D eigenvalue weighted by atomic mass is 9.99. The number of H-pyrrole nitrogens is 1. The number of carbonyl (C=O) groups excluding carboxylic acids is 2. The van der Waals surface area contributed by atoms with Crippen LogP contribution in [0.4, 0.5) is 0 Å². The van der Waals surface area contributed by atoms with Crippen molar-refractivity contribution in [3.05, 3.63) is 18.2 Å². The minimum absolute atomic E-state index is 0.250. The molecule has 0 amide bonds. The van der Waals surface area contributed by atoms with Crippen LogP contribution < -0.4 is 5.73 Å². The smallest absolute Gasteiger partial charge is 0.381 e. The highest BCUT2D eigenvalue weighted by Crippen LogP contribution is 2.16. The van der Waals surface area contributed by atoms with Crippen LogP contribution in [-0.4, -0.2) is 134 Å². The van der Waals surface area contributed by atoms with E-state index in [9.17, 15) is 0 Å². The molecule has 0 aliphatic heterocycles. The van der Waals surface area contributed by atoms with E-state index in [-0.39, 0.29) is 11.6 Å². The molecule has 61 heavy (non-hydrogen) atoms. The van der Waals surface area contributed by atoms with E-state index in [2.05, 4.69) is 107 Å². The van der Waals surface area contributed by atoms with Crippen LogP contribution in [0.15, 0.2) is 12.4 Å². The Kier molecular flexibility index (Phi) is 55.6.